The molecule has 0 aliphatic carbocycles. The van der Waals surface area contributed by atoms with Gasteiger partial charge in [-0.25, -0.2) is 4.79 Å². The van der Waals surface area contributed by atoms with Crippen molar-refractivity contribution in [1.29, 1.82) is 0 Å². The van der Waals surface area contributed by atoms with Crippen molar-refractivity contribution in [3.8, 4) is 0 Å². The van der Waals surface area contributed by atoms with E-state index in [1.807, 2.05) is 17.5 Å². The van der Waals surface area contributed by atoms with E-state index < -0.39 is 0 Å². The van der Waals surface area contributed by atoms with Crippen LogP contribution in [0, 0.1) is 0 Å². The van der Waals surface area contributed by atoms with Crippen LogP contribution in [0.1, 0.15) is 28.2 Å². The van der Waals surface area contributed by atoms with Crippen molar-refractivity contribution >= 4 is 17.3 Å². The molecule has 0 bridgehead atoms. The average molecular weight is 265 g/mol. The molecule has 0 spiro atoms. The normalized spacial score (nSPS) is 12.3. The van der Waals surface area contributed by atoms with Crippen LogP contribution in [0.25, 0.3) is 0 Å². The van der Waals surface area contributed by atoms with Gasteiger partial charge in [0.25, 0.3) is 0 Å². The summed E-state index contributed by atoms with van der Waals surface area (Å²) in [6.07, 6.45) is 3.18. The van der Waals surface area contributed by atoms with Gasteiger partial charge in [0.2, 0.25) is 0 Å². The number of thiophene rings is 1. The van der Waals surface area contributed by atoms with Crippen molar-refractivity contribution in [3.63, 3.8) is 0 Å². The Morgan fingerprint density at radius 2 is 2.50 bits per heavy atom. The first-order chi connectivity index (χ1) is 8.76. The molecule has 0 radical (unpaired) electrons. The number of hydrogen-bond donors (Lipinski definition) is 1. The Morgan fingerprint density at radius 1 is 1.67 bits per heavy atom. The summed E-state index contributed by atoms with van der Waals surface area (Å²) < 4.78 is 6.63. The third kappa shape index (κ3) is 2.60. The fourth-order valence-electron chi connectivity index (χ4n) is 1.66. The van der Waals surface area contributed by atoms with Crippen LogP contribution in [0.15, 0.2) is 29.9 Å². The summed E-state index contributed by atoms with van der Waals surface area (Å²) in [6, 6.07) is 3.94. The zero-order valence-corrected chi connectivity index (χ0v) is 10.9. The average Bonchev–Trinajstić information content (AvgIpc) is 3.01. The van der Waals surface area contributed by atoms with E-state index in [9.17, 15) is 4.79 Å². The van der Waals surface area contributed by atoms with Gasteiger partial charge in [-0.15, -0.1) is 11.3 Å². The number of hydrogen-bond acceptors (Lipinski definition) is 5. The van der Waals surface area contributed by atoms with E-state index in [2.05, 4.69) is 5.10 Å². The molecule has 0 aliphatic rings. The number of ether oxygens (including phenoxy) is 1. The second-order valence-corrected chi connectivity index (χ2v) is 4.68. The minimum absolute atomic E-state index is 0.0341. The number of nitrogens with two attached hydrogens (primary N) is 1. The highest BCUT2D eigenvalue weighted by atomic mass is 32.1. The molecule has 0 aromatic carbocycles. The first kappa shape index (κ1) is 12.8. The topological polar surface area (TPSA) is 70.1 Å². The molecule has 1 unspecified atom stereocenters. The van der Waals surface area contributed by atoms with Crippen LogP contribution in [-0.4, -0.2) is 28.9 Å². The number of esters is 1. The quantitative estimate of drug-likeness (QED) is 0.835. The van der Waals surface area contributed by atoms with Crippen LogP contribution in [-0.2, 0) is 4.74 Å². The zero-order valence-electron chi connectivity index (χ0n) is 10.1. The second kappa shape index (κ2) is 5.79. The number of nitrogens with zero attached hydrogens (tertiary/aromatic N) is 2. The van der Waals surface area contributed by atoms with Crippen LogP contribution in [0.5, 0.6) is 0 Å². The molecule has 0 aliphatic heterocycles. The maximum Gasteiger partial charge on any atom is 0.341 e. The monoisotopic (exact) mass is 265 g/mol. The highest BCUT2D eigenvalue weighted by Crippen LogP contribution is 2.22. The standard InChI is InChI=1S/C12H15N3O2S/c1-2-17-12(16)9-7-14-15(8-9)10(6-13)11-4-3-5-18-11/h3-5,7-8,10H,2,6,13H2,1H3. The third-order valence-electron chi connectivity index (χ3n) is 2.53. The van der Waals surface area contributed by atoms with E-state index in [1.54, 1.807) is 29.1 Å². The largest absolute Gasteiger partial charge is 0.462 e. The smallest absolute Gasteiger partial charge is 0.341 e. The lowest BCUT2D eigenvalue weighted by Crippen LogP contribution is -2.20. The van der Waals surface area contributed by atoms with Gasteiger partial charge in [0.05, 0.1) is 24.4 Å². The van der Waals surface area contributed by atoms with E-state index in [1.165, 1.54) is 6.20 Å². The molecule has 96 valence electrons. The summed E-state index contributed by atoms with van der Waals surface area (Å²) in [5, 5.41) is 6.18. The molecule has 2 heterocycles. The number of carbonyl (C=O) groups excluding carboxylic acids is 1. The van der Waals surface area contributed by atoms with Gasteiger partial charge in [-0.05, 0) is 18.4 Å². The maximum atomic E-state index is 11.6. The summed E-state index contributed by atoms with van der Waals surface area (Å²) in [5.74, 6) is -0.356. The molecule has 2 aromatic heterocycles. The molecule has 2 N–H and O–H groups in total. The SMILES string of the molecule is CCOC(=O)c1cnn(C(CN)c2cccs2)c1. The summed E-state index contributed by atoms with van der Waals surface area (Å²) in [6.45, 7) is 2.57. The molecule has 0 fully saturated rings. The van der Waals surface area contributed by atoms with E-state index in [4.69, 9.17) is 10.5 Å². The lowest BCUT2D eigenvalue weighted by molar-refractivity contribution is 0.0526. The molecule has 0 saturated heterocycles. The van der Waals surface area contributed by atoms with Gasteiger partial charge in [-0.2, -0.15) is 5.10 Å². The first-order valence-corrected chi connectivity index (χ1v) is 6.59. The Kier molecular flexibility index (Phi) is 4.11. The van der Waals surface area contributed by atoms with Crippen LogP contribution in [0.4, 0.5) is 0 Å². The molecule has 5 nitrogen and oxygen atoms in total. The Hall–Kier alpha value is -1.66. The Morgan fingerprint density at radius 3 is 3.11 bits per heavy atom. The van der Waals surface area contributed by atoms with E-state index in [0.717, 1.165) is 4.88 Å². The van der Waals surface area contributed by atoms with E-state index in [0.29, 0.717) is 18.7 Å². The molecular weight excluding hydrogens is 250 g/mol. The molecular formula is C12H15N3O2S. The molecule has 0 amide bonds. The number of carbonyl (C=O) groups is 1. The van der Waals surface area contributed by atoms with Crippen molar-refractivity contribution in [1.82, 2.24) is 9.78 Å². The van der Waals surface area contributed by atoms with Crippen molar-refractivity contribution in [2.75, 3.05) is 13.2 Å². The van der Waals surface area contributed by atoms with E-state index in [-0.39, 0.29) is 12.0 Å². The van der Waals surface area contributed by atoms with Gasteiger partial charge in [0, 0.05) is 17.6 Å². The predicted octanol–water partition coefficient (Wildman–Crippen LogP) is 1.67. The van der Waals surface area contributed by atoms with Gasteiger partial charge in [-0.1, -0.05) is 6.07 Å². The van der Waals surface area contributed by atoms with Crippen molar-refractivity contribution in [2.45, 2.75) is 13.0 Å². The fourth-order valence-corrected chi connectivity index (χ4v) is 2.50. The van der Waals surface area contributed by atoms with Gasteiger partial charge in [0.15, 0.2) is 0 Å². The predicted molar refractivity (Wildman–Crippen MR) is 69.7 cm³/mol. The van der Waals surface area contributed by atoms with E-state index >= 15 is 0 Å². The van der Waals surface area contributed by atoms with Crippen LogP contribution in [0.2, 0.25) is 0 Å². The minimum Gasteiger partial charge on any atom is -0.462 e. The summed E-state index contributed by atoms with van der Waals surface area (Å²) in [4.78, 5) is 12.7. The highest BCUT2D eigenvalue weighted by molar-refractivity contribution is 7.10. The van der Waals surface area contributed by atoms with Gasteiger partial charge in [0.1, 0.15) is 0 Å². The summed E-state index contributed by atoms with van der Waals surface area (Å²) in [5.41, 5.74) is 6.22. The minimum atomic E-state index is -0.356. The zero-order chi connectivity index (χ0) is 13.0. The van der Waals surface area contributed by atoms with Crippen LogP contribution >= 0.6 is 11.3 Å². The Bertz CT molecular complexity index is 507. The van der Waals surface area contributed by atoms with Crippen molar-refractivity contribution in [2.24, 2.45) is 5.73 Å². The lowest BCUT2D eigenvalue weighted by atomic mass is 10.2. The second-order valence-electron chi connectivity index (χ2n) is 3.70. The lowest BCUT2D eigenvalue weighted by Gasteiger charge is -2.13. The first-order valence-electron chi connectivity index (χ1n) is 5.71. The molecule has 2 aromatic rings. The number of rotatable bonds is 5. The third-order valence-corrected chi connectivity index (χ3v) is 3.50. The highest BCUT2D eigenvalue weighted by Gasteiger charge is 2.16. The number of aromatic nitrogens is 2. The molecule has 18 heavy (non-hydrogen) atoms. The molecule has 0 saturated carbocycles. The van der Waals surface area contributed by atoms with Crippen LogP contribution < -0.4 is 5.73 Å². The summed E-state index contributed by atoms with van der Waals surface area (Å²) >= 11 is 1.62. The van der Waals surface area contributed by atoms with Crippen molar-refractivity contribution < 1.29 is 9.53 Å². The Balaban J connectivity index is 2.20. The summed E-state index contributed by atoms with van der Waals surface area (Å²) in [7, 11) is 0. The van der Waals surface area contributed by atoms with Crippen molar-refractivity contribution in [3.05, 3.63) is 40.3 Å². The Labute approximate surface area is 109 Å². The maximum absolute atomic E-state index is 11.6. The van der Waals surface area contributed by atoms with Gasteiger partial charge >= 0.3 is 5.97 Å². The fraction of sp³-hybridized carbons (Fsp3) is 0.333. The molecule has 1 atom stereocenters. The van der Waals surface area contributed by atoms with Crippen LogP contribution in [0.3, 0.4) is 0 Å². The molecule has 6 heteroatoms. The van der Waals surface area contributed by atoms with Gasteiger partial charge in [-0.3, -0.25) is 4.68 Å². The van der Waals surface area contributed by atoms with Gasteiger partial charge < -0.3 is 10.5 Å². The molecule has 2 rings (SSSR count).